The van der Waals surface area contributed by atoms with Crippen LogP contribution < -0.4 is 0 Å². The van der Waals surface area contributed by atoms with E-state index in [0.29, 0.717) is 0 Å². The maximum atomic E-state index is 13.3. The molecule has 0 aliphatic carbocycles. The van der Waals surface area contributed by atoms with Crippen LogP contribution >= 0.6 is 11.3 Å². The second-order valence-electron chi connectivity index (χ2n) is 7.20. The lowest BCUT2D eigenvalue weighted by Crippen LogP contribution is -2.45. The monoisotopic (exact) mass is 381 g/mol. The van der Waals surface area contributed by atoms with Crippen LogP contribution in [0.2, 0.25) is 0 Å². The number of aromatic nitrogens is 1. The Labute approximate surface area is 164 Å². The van der Waals surface area contributed by atoms with Crippen LogP contribution in [0.15, 0.2) is 53.9 Å². The summed E-state index contributed by atoms with van der Waals surface area (Å²) in [5.41, 5.74) is 4.66. The minimum Gasteiger partial charge on any atom is -0.297 e. The van der Waals surface area contributed by atoms with Gasteiger partial charge in [0, 0.05) is 50.2 Å². The molecular weight excluding hydrogens is 357 g/mol. The Hall–Kier alpha value is -2.08. The van der Waals surface area contributed by atoms with Gasteiger partial charge in [0.1, 0.15) is 10.8 Å². The van der Waals surface area contributed by atoms with Gasteiger partial charge in [-0.3, -0.25) is 9.80 Å². The van der Waals surface area contributed by atoms with Gasteiger partial charge < -0.3 is 0 Å². The molecule has 2 aromatic carbocycles. The Balaban J connectivity index is 1.31. The van der Waals surface area contributed by atoms with Gasteiger partial charge >= 0.3 is 0 Å². The minimum absolute atomic E-state index is 0.154. The van der Waals surface area contributed by atoms with E-state index in [9.17, 15) is 4.39 Å². The molecule has 1 aromatic heterocycles. The highest BCUT2D eigenvalue weighted by Crippen LogP contribution is 2.25. The van der Waals surface area contributed by atoms with E-state index in [2.05, 4.69) is 46.4 Å². The van der Waals surface area contributed by atoms with Crippen LogP contribution in [-0.2, 0) is 13.1 Å². The number of rotatable bonds is 5. The zero-order chi connectivity index (χ0) is 18.6. The van der Waals surface area contributed by atoms with E-state index >= 15 is 0 Å². The first-order chi connectivity index (χ1) is 13.2. The van der Waals surface area contributed by atoms with E-state index in [1.165, 1.54) is 17.2 Å². The van der Waals surface area contributed by atoms with Crippen molar-refractivity contribution in [2.45, 2.75) is 20.0 Å². The van der Waals surface area contributed by atoms with Crippen molar-refractivity contribution in [1.29, 1.82) is 0 Å². The highest BCUT2D eigenvalue weighted by molar-refractivity contribution is 7.13. The molecule has 0 N–H and O–H groups in total. The number of nitrogens with zero attached hydrogens (tertiary/aromatic N) is 3. The standard InChI is InChI=1S/C22H24FN3S/c1-17-4-2-6-19(12-17)22-24-21(16-27-22)15-26-10-8-25(9-11-26)14-18-5-3-7-20(23)13-18/h2-7,12-13,16H,8-11,14-15H2,1H3. The van der Waals surface area contributed by atoms with Crippen molar-refractivity contribution in [3.63, 3.8) is 0 Å². The summed E-state index contributed by atoms with van der Waals surface area (Å²) in [6, 6.07) is 15.4. The molecule has 1 aliphatic heterocycles. The van der Waals surface area contributed by atoms with Crippen LogP contribution in [0.25, 0.3) is 10.6 Å². The van der Waals surface area contributed by atoms with Crippen LogP contribution in [0.1, 0.15) is 16.8 Å². The molecule has 4 rings (SSSR count). The van der Waals surface area contributed by atoms with Crippen molar-refractivity contribution in [2.75, 3.05) is 26.2 Å². The predicted molar refractivity (Wildman–Crippen MR) is 109 cm³/mol. The largest absolute Gasteiger partial charge is 0.297 e. The van der Waals surface area contributed by atoms with Crippen molar-refractivity contribution < 1.29 is 4.39 Å². The van der Waals surface area contributed by atoms with Crippen molar-refractivity contribution in [2.24, 2.45) is 0 Å². The van der Waals surface area contributed by atoms with E-state index in [1.807, 2.05) is 6.07 Å². The molecular formula is C22H24FN3S. The summed E-state index contributed by atoms with van der Waals surface area (Å²) in [4.78, 5) is 9.68. The number of hydrogen-bond donors (Lipinski definition) is 0. The first-order valence-corrected chi connectivity index (χ1v) is 10.2. The average molecular weight is 382 g/mol. The van der Waals surface area contributed by atoms with Crippen molar-refractivity contribution in [3.8, 4) is 10.6 Å². The first-order valence-electron chi connectivity index (χ1n) is 9.36. The van der Waals surface area contributed by atoms with Crippen LogP contribution in [0.5, 0.6) is 0 Å². The lowest BCUT2D eigenvalue weighted by molar-refractivity contribution is 0.121. The third-order valence-electron chi connectivity index (χ3n) is 4.96. The van der Waals surface area contributed by atoms with Gasteiger partial charge in [-0.15, -0.1) is 11.3 Å². The van der Waals surface area contributed by atoms with Gasteiger partial charge in [0.25, 0.3) is 0 Å². The average Bonchev–Trinajstić information content (AvgIpc) is 3.12. The quantitative estimate of drug-likeness (QED) is 0.645. The van der Waals surface area contributed by atoms with Gasteiger partial charge in [0.2, 0.25) is 0 Å². The lowest BCUT2D eigenvalue weighted by Gasteiger charge is -2.34. The first kappa shape index (κ1) is 18.3. The zero-order valence-corrected chi connectivity index (χ0v) is 16.4. The molecule has 3 aromatic rings. The maximum Gasteiger partial charge on any atom is 0.123 e. The van der Waals surface area contributed by atoms with Crippen molar-refractivity contribution >= 4 is 11.3 Å². The van der Waals surface area contributed by atoms with Crippen molar-refractivity contribution in [1.82, 2.24) is 14.8 Å². The number of aryl methyl sites for hydroxylation is 1. The summed E-state index contributed by atoms with van der Waals surface area (Å²) < 4.78 is 13.3. The van der Waals surface area contributed by atoms with Crippen LogP contribution in [0.4, 0.5) is 4.39 Å². The van der Waals surface area contributed by atoms with E-state index in [1.54, 1.807) is 23.5 Å². The summed E-state index contributed by atoms with van der Waals surface area (Å²) in [7, 11) is 0. The van der Waals surface area contributed by atoms with Gasteiger partial charge in [-0.1, -0.05) is 35.9 Å². The summed E-state index contributed by atoms with van der Waals surface area (Å²) in [5.74, 6) is -0.154. The van der Waals surface area contributed by atoms with E-state index in [-0.39, 0.29) is 5.82 Å². The summed E-state index contributed by atoms with van der Waals surface area (Å²) >= 11 is 1.72. The minimum atomic E-state index is -0.154. The van der Waals surface area contributed by atoms with Crippen LogP contribution in [0.3, 0.4) is 0 Å². The fourth-order valence-corrected chi connectivity index (χ4v) is 4.33. The molecule has 140 valence electrons. The molecule has 3 nitrogen and oxygen atoms in total. The molecule has 0 atom stereocenters. The van der Waals surface area contributed by atoms with Crippen molar-refractivity contribution in [3.05, 3.63) is 76.5 Å². The molecule has 0 amide bonds. The SMILES string of the molecule is Cc1cccc(-c2nc(CN3CCN(Cc4cccc(F)c4)CC3)cs2)c1. The molecule has 1 fully saturated rings. The zero-order valence-electron chi connectivity index (χ0n) is 15.6. The molecule has 0 unspecified atom stereocenters. The molecule has 0 spiro atoms. The maximum absolute atomic E-state index is 13.3. The Bertz CT molecular complexity index is 900. The fraction of sp³-hybridized carbons (Fsp3) is 0.318. The highest BCUT2D eigenvalue weighted by Gasteiger charge is 2.18. The highest BCUT2D eigenvalue weighted by atomic mass is 32.1. The topological polar surface area (TPSA) is 19.4 Å². The van der Waals surface area contributed by atoms with E-state index in [0.717, 1.165) is 55.5 Å². The number of hydrogen-bond acceptors (Lipinski definition) is 4. The van der Waals surface area contributed by atoms with Crippen LogP contribution in [0, 0.1) is 12.7 Å². The Morgan fingerprint density at radius 2 is 1.70 bits per heavy atom. The fourth-order valence-electron chi connectivity index (χ4n) is 3.52. The molecule has 0 saturated carbocycles. The molecule has 2 heterocycles. The van der Waals surface area contributed by atoms with E-state index < -0.39 is 0 Å². The number of benzene rings is 2. The molecule has 0 bridgehead atoms. The summed E-state index contributed by atoms with van der Waals surface area (Å²) in [6.07, 6.45) is 0. The predicted octanol–water partition coefficient (Wildman–Crippen LogP) is 4.58. The number of halogens is 1. The second kappa shape index (κ2) is 8.30. The Kier molecular flexibility index (Phi) is 5.62. The summed E-state index contributed by atoms with van der Waals surface area (Å²) in [5, 5.41) is 3.27. The molecule has 27 heavy (non-hydrogen) atoms. The third kappa shape index (κ3) is 4.80. The molecule has 5 heteroatoms. The number of piperazine rings is 1. The van der Waals surface area contributed by atoms with Gasteiger partial charge in [0.15, 0.2) is 0 Å². The van der Waals surface area contributed by atoms with Crippen LogP contribution in [-0.4, -0.2) is 41.0 Å². The van der Waals surface area contributed by atoms with Gasteiger partial charge in [-0.25, -0.2) is 9.37 Å². The van der Waals surface area contributed by atoms with Gasteiger partial charge in [-0.05, 0) is 30.7 Å². The van der Waals surface area contributed by atoms with Gasteiger partial charge in [0.05, 0.1) is 5.69 Å². The summed E-state index contributed by atoms with van der Waals surface area (Å²) in [6.45, 7) is 7.88. The smallest absolute Gasteiger partial charge is 0.123 e. The Morgan fingerprint density at radius 1 is 0.963 bits per heavy atom. The third-order valence-corrected chi connectivity index (χ3v) is 5.90. The van der Waals surface area contributed by atoms with Gasteiger partial charge in [-0.2, -0.15) is 0 Å². The molecule has 1 saturated heterocycles. The second-order valence-corrected chi connectivity index (χ2v) is 8.05. The van der Waals surface area contributed by atoms with E-state index in [4.69, 9.17) is 4.98 Å². The molecule has 0 radical (unpaired) electrons. The number of thiazole rings is 1. The normalized spacial score (nSPS) is 15.9. The lowest BCUT2D eigenvalue weighted by atomic mass is 10.1. The Morgan fingerprint density at radius 3 is 2.44 bits per heavy atom. The molecule has 1 aliphatic rings.